The van der Waals surface area contributed by atoms with E-state index < -0.39 is 33.8 Å². The average Bonchev–Trinajstić information content (AvgIpc) is 3.32. The minimum atomic E-state index is -3.47. The molecule has 0 aromatic heterocycles. The van der Waals surface area contributed by atoms with Gasteiger partial charge in [-0.3, -0.25) is 0 Å². The van der Waals surface area contributed by atoms with E-state index in [1.165, 1.54) is 6.07 Å². The molecule has 0 saturated heterocycles. The quantitative estimate of drug-likeness (QED) is 0.835. The van der Waals surface area contributed by atoms with Gasteiger partial charge in [0.15, 0.2) is 9.84 Å². The maximum absolute atomic E-state index is 12.8. The van der Waals surface area contributed by atoms with Gasteiger partial charge in [-0.25, -0.2) is 22.0 Å². The Bertz CT molecular complexity index is 735. The third-order valence-electron chi connectivity index (χ3n) is 4.33. The topological polar surface area (TPSA) is 84.5 Å². The number of carbonyl (C=O) groups excluding carboxylic acids is 1. The van der Waals surface area contributed by atoms with Gasteiger partial charge >= 0.3 is 6.03 Å². The summed E-state index contributed by atoms with van der Waals surface area (Å²) in [5.41, 5.74) is -1.10. The third-order valence-corrected chi connectivity index (χ3v) is 6.15. The summed E-state index contributed by atoms with van der Waals surface area (Å²) in [6.45, 7) is -0.121. The van der Waals surface area contributed by atoms with E-state index in [1.54, 1.807) is 18.2 Å². The van der Waals surface area contributed by atoms with E-state index in [0.29, 0.717) is 12.8 Å². The number of hydrogen-bond acceptors (Lipinski definition) is 4. The Labute approximate surface area is 138 Å². The zero-order valence-corrected chi connectivity index (χ0v) is 13.6. The summed E-state index contributed by atoms with van der Waals surface area (Å²) < 4.78 is 55.5. The van der Waals surface area contributed by atoms with Crippen LogP contribution in [0.1, 0.15) is 12.8 Å². The van der Waals surface area contributed by atoms with Crippen LogP contribution < -0.4 is 15.4 Å². The molecule has 1 unspecified atom stereocenters. The van der Waals surface area contributed by atoms with E-state index in [0.717, 1.165) is 0 Å². The van der Waals surface area contributed by atoms with Crippen molar-refractivity contribution in [2.45, 2.75) is 30.3 Å². The average molecular weight is 360 g/mol. The number of carbonyl (C=O) groups is 1. The Morgan fingerprint density at radius 3 is 2.67 bits per heavy atom. The highest BCUT2D eigenvalue weighted by Crippen LogP contribution is 2.50. The van der Waals surface area contributed by atoms with Crippen LogP contribution in [0.3, 0.4) is 0 Å². The molecule has 0 spiro atoms. The van der Waals surface area contributed by atoms with Crippen molar-refractivity contribution >= 4 is 15.9 Å². The Morgan fingerprint density at radius 2 is 2.00 bits per heavy atom. The number of para-hydroxylation sites is 1. The third kappa shape index (κ3) is 3.45. The predicted molar refractivity (Wildman–Crippen MR) is 82.0 cm³/mol. The maximum Gasteiger partial charge on any atom is 0.314 e. The van der Waals surface area contributed by atoms with E-state index in [1.807, 2.05) is 0 Å². The number of halogens is 2. The fourth-order valence-corrected chi connectivity index (χ4v) is 4.17. The van der Waals surface area contributed by atoms with Crippen LogP contribution in [0.4, 0.5) is 13.6 Å². The lowest BCUT2D eigenvalue weighted by Crippen LogP contribution is -2.46. The molecule has 1 aliphatic heterocycles. The zero-order chi connectivity index (χ0) is 17.4. The summed E-state index contributed by atoms with van der Waals surface area (Å²) in [6.07, 6.45) is -2.39. The Morgan fingerprint density at radius 1 is 1.29 bits per heavy atom. The van der Waals surface area contributed by atoms with Gasteiger partial charge in [-0.15, -0.1) is 0 Å². The smallest absolute Gasteiger partial charge is 0.314 e. The molecule has 132 valence electrons. The van der Waals surface area contributed by atoms with Gasteiger partial charge < -0.3 is 15.4 Å². The van der Waals surface area contributed by atoms with Gasteiger partial charge in [0, 0.05) is 12.0 Å². The van der Waals surface area contributed by atoms with Crippen molar-refractivity contribution in [1.29, 1.82) is 0 Å². The highest BCUT2D eigenvalue weighted by Gasteiger charge is 2.51. The highest BCUT2D eigenvalue weighted by molar-refractivity contribution is 7.91. The molecule has 1 aliphatic carbocycles. The van der Waals surface area contributed by atoms with E-state index in [4.69, 9.17) is 4.74 Å². The lowest BCUT2D eigenvalue weighted by atomic mass is 10.1. The molecule has 24 heavy (non-hydrogen) atoms. The molecule has 0 bridgehead atoms. The van der Waals surface area contributed by atoms with E-state index in [-0.39, 0.29) is 29.5 Å². The number of urea groups is 1. The van der Waals surface area contributed by atoms with Gasteiger partial charge in [-0.05, 0) is 25.0 Å². The lowest BCUT2D eigenvalue weighted by molar-refractivity contribution is 0.0627. The molecule has 3 rings (SSSR count). The fraction of sp³-hybridized carbons (Fsp3) is 0.533. The van der Waals surface area contributed by atoms with Crippen LogP contribution in [-0.2, 0) is 9.84 Å². The first kappa shape index (κ1) is 16.9. The summed E-state index contributed by atoms with van der Waals surface area (Å²) in [5.74, 6) is 0.0104. The summed E-state index contributed by atoms with van der Waals surface area (Å²) >= 11 is 0. The van der Waals surface area contributed by atoms with E-state index >= 15 is 0 Å². The molecule has 2 N–H and O–H groups in total. The number of benzene rings is 1. The van der Waals surface area contributed by atoms with Crippen molar-refractivity contribution in [2.75, 3.05) is 18.8 Å². The summed E-state index contributed by atoms with van der Waals surface area (Å²) in [6, 6.07) is 5.69. The van der Waals surface area contributed by atoms with E-state index in [9.17, 15) is 22.0 Å². The first-order valence-electron chi connectivity index (χ1n) is 7.61. The second-order valence-corrected chi connectivity index (χ2v) is 8.20. The molecule has 1 aromatic carbocycles. The zero-order valence-electron chi connectivity index (χ0n) is 12.8. The molecule has 1 aromatic rings. The van der Waals surface area contributed by atoms with E-state index in [2.05, 4.69) is 10.6 Å². The van der Waals surface area contributed by atoms with Crippen molar-refractivity contribution in [3.63, 3.8) is 0 Å². The van der Waals surface area contributed by atoms with Crippen molar-refractivity contribution in [3.05, 3.63) is 24.3 Å². The van der Waals surface area contributed by atoms with Crippen molar-refractivity contribution in [2.24, 2.45) is 5.41 Å². The van der Waals surface area contributed by atoms with Gasteiger partial charge in [0.2, 0.25) is 6.43 Å². The van der Waals surface area contributed by atoms with Crippen LogP contribution in [0.2, 0.25) is 0 Å². The van der Waals surface area contributed by atoms with Crippen molar-refractivity contribution < 1.29 is 26.7 Å². The molecule has 0 radical (unpaired) electrons. The van der Waals surface area contributed by atoms with Crippen LogP contribution in [0.25, 0.3) is 0 Å². The van der Waals surface area contributed by atoms with Crippen molar-refractivity contribution in [3.8, 4) is 5.75 Å². The molecule has 2 aliphatic rings. The Hall–Kier alpha value is -1.90. The highest BCUT2D eigenvalue weighted by atomic mass is 32.2. The van der Waals surface area contributed by atoms with Crippen LogP contribution in [0.5, 0.6) is 5.75 Å². The molecule has 9 heteroatoms. The number of alkyl halides is 2. The molecule has 1 saturated carbocycles. The first-order valence-corrected chi connectivity index (χ1v) is 9.26. The predicted octanol–water partition coefficient (Wildman–Crippen LogP) is 1.57. The Balaban J connectivity index is 1.52. The van der Waals surface area contributed by atoms with Crippen LogP contribution in [-0.4, -0.2) is 45.8 Å². The molecule has 1 atom stereocenters. The largest absolute Gasteiger partial charge is 0.486 e. The van der Waals surface area contributed by atoms with Crippen LogP contribution in [0.15, 0.2) is 29.2 Å². The number of hydrogen-bond donors (Lipinski definition) is 2. The summed E-state index contributed by atoms with van der Waals surface area (Å²) in [4.78, 5) is 11.9. The molecule has 6 nitrogen and oxygen atoms in total. The standard InChI is InChI=1S/C15H18F2N2O4S/c16-13(17)15(5-6-15)9-19-14(20)18-7-10-8-24(21,22)12-4-2-1-3-11(12)23-10/h1-4,10,13H,5-9H2,(H2,18,19,20). The molecular formula is C15H18F2N2O4S. The van der Waals surface area contributed by atoms with Crippen molar-refractivity contribution in [1.82, 2.24) is 10.6 Å². The number of nitrogens with one attached hydrogen (secondary N) is 2. The second kappa shape index (κ2) is 6.19. The molecular weight excluding hydrogens is 342 g/mol. The molecule has 2 amide bonds. The number of rotatable bonds is 5. The van der Waals surface area contributed by atoms with Gasteiger partial charge in [-0.1, -0.05) is 12.1 Å². The first-order chi connectivity index (χ1) is 11.3. The minimum absolute atomic E-state index is 0.0267. The molecule has 1 heterocycles. The van der Waals surface area contributed by atoms with Gasteiger partial charge in [0.1, 0.15) is 16.7 Å². The number of amides is 2. The summed E-state index contributed by atoms with van der Waals surface area (Å²) in [7, 11) is -3.47. The fourth-order valence-electron chi connectivity index (χ4n) is 2.61. The van der Waals surface area contributed by atoms with Gasteiger partial charge in [0.05, 0.1) is 12.3 Å². The monoisotopic (exact) mass is 360 g/mol. The SMILES string of the molecule is O=C(NCC1CS(=O)(=O)c2ccccc2O1)NCC1(C(F)F)CC1. The summed E-state index contributed by atoms with van der Waals surface area (Å²) in [5, 5.41) is 4.89. The Kier molecular flexibility index (Phi) is 4.37. The minimum Gasteiger partial charge on any atom is -0.486 e. The maximum atomic E-state index is 12.8. The number of ether oxygens (including phenoxy) is 1. The van der Waals surface area contributed by atoms with Crippen LogP contribution >= 0.6 is 0 Å². The number of sulfone groups is 1. The second-order valence-electron chi connectivity index (χ2n) is 6.19. The van der Waals surface area contributed by atoms with Gasteiger partial charge in [-0.2, -0.15) is 0 Å². The number of fused-ring (bicyclic) bond motifs is 1. The van der Waals surface area contributed by atoms with Crippen LogP contribution in [0, 0.1) is 5.41 Å². The normalized spacial score (nSPS) is 23.0. The van der Waals surface area contributed by atoms with Gasteiger partial charge in [0.25, 0.3) is 0 Å². The lowest BCUT2D eigenvalue weighted by Gasteiger charge is -2.26. The molecule has 1 fully saturated rings.